The molecule has 0 spiro atoms. The summed E-state index contributed by atoms with van der Waals surface area (Å²) in [4.78, 5) is 0. The van der Waals surface area contributed by atoms with E-state index in [1.54, 1.807) is 0 Å². The minimum absolute atomic E-state index is 0.188. The number of halogens is 1. The van der Waals surface area contributed by atoms with Gasteiger partial charge in [0.25, 0.3) is 0 Å². The molecule has 2 aliphatic rings. The molecular weight excluding hydrogens is 373 g/mol. The van der Waals surface area contributed by atoms with Gasteiger partial charge in [0.15, 0.2) is 5.67 Å². The molecule has 5 rings (SSSR count). The summed E-state index contributed by atoms with van der Waals surface area (Å²) in [5.41, 5.74) is 2.19. The summed E-state index contributed by atoms with van der Waals surface area (Å²) in [6.45, 7) is 2.66. The Kier molecular flexibility index (Phi) is 5.34. The molecular formula is C27H30FNO. The molecule has 156 valence electrons. The van der Waals surface area contributed by atoms with E-state index in [0.29, 0.717) is 18.0 Å². The van der Waals surface area contributed by atoms with Crippen molar-refractivity contribution in [3.63, 3.8) is 0 Å². The van der Waals surface area contributed by atoms with E-state index in [1.807, 2.05) is 12.1 Å². The van der Waals surface area contributed by atoms with Crippen LogP contribution >= 0.6 is 0 Å². The summed E-state index contributed by atoms with van der Waals surface area (Å²) >= 11 is 0. The zero-order chi connectivity index (χ0) is 20.6. The van der Waals surface area contributed by atoms with Crippen molar-refractivity contribution in [2.45, 2.75) is 56.3 Å². The van der Waals surface area contributed by atoms with E-state index in [9.17, 15) is 4.39 Å². The molecule has 1 aliphatic heterocycles. The van der Waals surface area contributed by atoms with Crippen LogP contribution in [0.4, 0.5) is 4.39 Å². The number of ether oxygens (including phenoxy) is 1. The second kappa shape index (κ2) is 8.13. The molecule has 0 aromatic heterocycles. The zero-order valence-corrected chi connectivity index (χ0v) is 17.6. The van der Waals surface area contributed by atoms with Crippen molar-refractivity contribution in [1.82, 2.24) is 5.32 Å². The van der Waals surface area contributed by atoms with Gasteiger partial charge in [-0.05, 0) is 59.6 Å². The van der Waals surface area contributed by atoms with E-state index >= 15 is 0 Å². The Labute approximate surface area is 178 Å². The van der Waals surface area contributed by atoms with Crippen molar-refractivity contribution in [3.8, 4) is 0 Å². The Morgan fingerprint density at radius 3 is 2.50 bits per heavy atom. The highest BCUT2D eigenvalue weighted by Gasteiger charge is 2.40. The first-order valence-electron chi connectivity index (χ1n) is 11.2. The second-order valence-electron chi connectivity index (χ2n) is 9.10. The fraction of sp³-hybridized carbons (Fsp3) is 0.407. The first-order valence-corrected chi connectivity index (χ1v) is 11.2. The Bertz CT molecular complexity index is 1010. The fourth-order valence-corrected chi connectivity index (χ4v) is 5.22. The van der Waals surface area contributed by atoms with Crippen LogP contribution in [0.15, 0.2) is 66.7 Å². The van der Waals surface area contributed by atoms with Gasteiger partial charge in [-0.1, -0.05) is 73.2 Å². The Hall–Kier alpha value is -2.23. The smallest absolute Gasteiger partial charge is 0.182 e. The number of hydrogen-bond donors (Lipinski definition) is 1. The van der Waals surface area contributed by atoms with Crippen LogP contribution < -0.4 is 5.32 Å². The number of benzene rings is 3. The van der Waals surface area contributed by atoms with E-state index in [0.717, 1.165) is 12.0 Å². The third-order valence-electron chi connectivity index (χ3n) is 7.01. The Morgan fingerprint density at radius 1 is 0.967 bits per heavy atom. The van der Waals surface area contributed by atoms with Crippen molar-refractivity contribution in [3.05, 3.63) is 83.4 Å². The van der Waals surface area contributed by atoms with Crippen LogP contribution in [0, 0.1) is 0 Å². The summed E-state index contributed by atoms with van der Waals surface area (Å²) in [5, 5.41) is 6.54. The fourth-order valence-electron chi connectivity index (χ4n) is 5.22. The monoisotopic (exact) mass is 403 g/mol. The lowest BCUT2D eigenvalue weighted by Gasteiger charge is -2.35. The lowest BCUT2D eigenvalue weighted by atomic mass is 9.80. The Balaban J connectivity index is 1.27. The molecule has 3 atom stereocenters. The first kappa shape index (κ1) is 19.7. The van der Waals surface area contributed by atoms with Crippen LogP contribution in [0.1, 0.15) is 61.3 Å². The first-order chi connectivity index (χ1) is 14.6. The molecule has 0 radical (unpaired) electrons. The van der Waals surface area contributed by atoms with Crippen LogP contribution in [0.3, 0.4) is 0 Å². The van der Waals surface area contributed by atoms with Gasteiger partial charge in [0.1, 0.15) is 0 Å². The summed E-state index contributed by atoms with van der Waals surface area (Å²) in [5.74, 6) is 0.540. The van der Waals surface area contributed by atoms with E-state index in [-0.39, 0.29) is 13.2 Å². The summed E-state index contributed by atoms with van der Waals surface area (Å²) in [7, 11) is 0. The van der Waals surface area contributed by atoms with Gasteiger partial charge in [0.2, 0.25) is 0 Å². The third kappa shape index (κ3) is 3.77. The SMILES string of the molecule is CC(NC1CCC[C@H](c2ccc(C3(F)COC3)cc2)C1)c1cccc2ccccc12. The molecule has 3 aromatic rings. The minimum atomic E-state index is -1.27. The molecule has 1 saturated carbocycles. The van der Waals surface area contributed by atoms with Gasteiger partial charge in [-0.15, -0.1) is 0 Å². The second-order valence-corrected chi connectivity index (χ2v) is 9.10. The maximum Gasteiger partial charge on any atom is 0.182 e. The van der Waals surface area contributed by atoms with Gasteiger partial charge in [-0.3, -0.25) is 0 Å². The molecule has 2 fully saturated rings. The van der Waals surface area contributed by atoms with Gasteiger partial charge in [0.05, 0.1) is 13.2 Å². The van der Waals surface area contributed by atoms with Crippen LogP contribution in [0.5, 0.6) is 0 Å². The molecule has 0 amide bonds. The van der Waals surface area contributed by atoms with Gasteiger partial charge >= 0.3 is 0 Å². The van der Waals surface area contributed by atoms with Crippen molar-refractivity contribution in [2.24, 2.45) is 0 Å². The summed E-state index contributed by atoms with van der Waals surface area (Å²) in [6.07, 6.45) is 4.80. The number of rotatable bonds is 5. The number of alkyl halides is 1. The van der Waals surface area contributed by atoms with E-state index in [4.69, 9.17) is 4.74 Å². The van der Waals surface area contributed by atoms with E-state index in [1.165, 1.54) is 41.2 Å². The predicted octanol–water partition coefficient (Wildman–Crippen LogP) is 6.41. The van der Waals surface area contributed by atoms with Crippen LogP contribution in [-0.4, -0.2) is 19.3 Å². The number of fused-ring (bicyclic) bond motifs is 1. The average Bonchev–Trinajstić information content (AvgIpc) is 2.77. The highest BCUT2D eigenvalue weighted by Crippen LogP contribution is 2.37. The molecule has 0 bridgehead atoms. The zero-order valence-electron chi connectivity index (χ0n) is 17.6. The highest BCUT2D eigenvalue weighted by atomic mass is 19.1. The number of nitrogens with one attached hydrogen (secondary N) is 1. The minimum Gasteiger partial charge on any atom is -0.374 e. The van der Waals surface area contributed by atoms with Crippen LogP contribution in [0.25, 0.3) is 10.8 Å². The van der Waals surface area contributed by atoms with E-state index < -0.39 is 5.67 Å². The molecule has 1 saturated heterocycles. The Morgan fingerprint density at radius 2 is 1.73 bits per heavy atom. The lowest BCUT2D eigenvalue weighted by molar-refractivity contribution is -0.135. The van der Waals surface area contributed by atoms with Gasteiger partial charge in [0, 0.05) is 12.1 Å². The summed E-state index contributed by atoms with van der Waals surface area (Å²) in [6, 6.07) is 24.2. The predicted molar refractivity (Wildman–Crippen MR) is 121 cm³/mol. The molecule has 1 aliphatic carbocycles. The summed E-state index contributed by atoms with van der Waals surface area (Å²) < 4.78 is 19.6. The maximum absolute atomic E-state index is 14.6. The van der Waals surface area contributed by atoms with Crippen LogP contribution in [0.2, 0.25) is 0 Å². The third-order valence-corrected chi connectivity index (χ3v) is 7.01. The van der Waals surface area contributed by atoms with Crippen molar-refractivity contribution in [2.75, 3.05) is 13.2 Å². The molecule has 2 nitrogen and oxygen atoms in total. The maximum atomic E-state index is 14.6. The van der Waals surface area contributed by atoms with Crippen molar-refractivity contribution >= 4 is 10.8 Å². The molecule has 1 N–H and O–H groups in total. The van der Waals surface area contributed by atoms with Crippen molar-refractivity contribution in [1.29, 1.82) is 0 Å². The van der Waals surface area contributed by atoms with Gasteiger partial charge in [-0.25, -0.2) is 4.39 Å². The topological polar surface area (TPSA) is 21.3 Å². The van der Waals surface area contributed by atoms with Gasteiger partial charge in [-0.2, -0.15) is 0 Å². The average molecular weight is 404 g/mol. The normalized spacial score (nSPS) is 24.3. The molecule has 1 heterocycles. The molecule has 3 heteroatoms. The number of hydrogen-bond acceptors (Lipinski definition) is 2. The molecule has 2 unspecified atom stereocenters. The standard InChI is InChI=1S/C27H30FNO/c1-19(25-11-5-7-21-6-2-3-10-26(21)25)29-24-9-4-8-22(16-24)20-12-14-23(15-13-20)27(28)17-30-18-27/h2-3,5-7,10-15,19,22,24,29H,4,8-9,16-18H2,1H3/t19?,22-,24?/m0/s1. The lowest BCUT2D eigenvalue weighted by Crippen LogP contribution is -2.42. The quantitative estimate of drug-likeness (QED) is 0.531. The molecule has 30 heavy (non-hydrogen) atoms. The van der Waals surface area contributed by atoms with Gasteiger partial charge < -0.3 is 10.1 Å². The van der Waals surface area contributed by atoms with Crippen LogP contribution in [-0.2, 0) is 10.4 Å². The largest absolute Gasteiger partial charge is 0.374 e. The highest BCUT2D eigenvalue weighted by molar-refractivity contribution is 5.86. The van der Waals surface area contributed by atoms with Crippen molar-refractivity contribution < 1.29 is 9.13 Å². The molecule has 3 aromatic carbocycles. The van der Waals surface area contributed by atoms with E-state index in [2.05, 4.69) is 66.8 Å².